The number of likely N-dealkylation sites (N-methyl/N-ethyl adjacent to an activating group) is 1. The maximum absolute atomic E-state index is 13.5. The van der Waals surface area contributed by atoms with Crippen molar-refractivity contribution in [3.8, 4) is 0 Å². The van der Waals surface area contributed by atoms with E-state index in [2.05, 4.69) is 37.9 Å². The Balaban J connectivity index is 3.00. The second kappa shape index (κ2) is 8.22. The molecule has 0 aliphatic heterocycles. The monoisotopic (exact) mass is 282 g/mol. The Morgan fingerprint density at radius 2 is 2.00 bits per heavy atom. The number of nitrogens with zero attached hydrogens (tertiary/aromatic N) is 1. The molecule has 1 rings (SSSR count). The van der Waals surface area contributed by atoms with Gasteiger partial charge in [-0.3, -0.25) is 0 Å². The van der Waals surface area contributed by atoms with Crippen LogP contribution in [-0.4, -0.2) is 32.3 Å². The number of hydrogen-bond donors (Lipinski definition) is 1. The van der Waals surface area contributed by atoms with Gasteiger partial charge in [0.1, 0.15) is 5.82 Å². The minimum absolute atomic E-state index is 0.190. The highest BCUT2D eigenvalue weighted by molar-refractivity contribution is 5.54. The van der Waals surface area contributed by atoms with Crippen LogP contribution in [0.5, 0.6) is 0 Å². The van der Waals surface area contributed by atoms with Crippen molar-refractivity contribution in [3.63, 3.8) is 0 Å². The third kappa shape index (κ3) is 4.76. The van der Waals surface area contributed by atoms with Crippen molar-refractivity contribution in [2.24, 2.45) is 0 Å². The standard InChI is InChI=1S/C16H27FN2O/c1-6-19(13(4)11-20-5)16-8-7-15(17)9-14(16)10-18-12(2)3/h7-9,12-13,18H,6,10-11H2,1-5H3. The molecule has 0 aliphatic rings. The maximum atomic E-state index is 13.5. The fraction of sp³-hybridized carbons (Fsp3) is 0.625. The largest absolute Gasteiger partial charge is 0.383 e. The lowest BCUT2D eigenvalue weighted by molar-refractivity contribution is 0.182. The third-order valence-corrected chi connectivity index (χ3v) is 3.33. The molecular formula is C16H27FN2O. The summed E-state index contributed by atoms with van der Waals surface area (Å²) in [5.74, 6) is -0.190. The molecule has 4 heteroatoms. The molecule has 1 unspecified atom stereocenters. The van der Waals surface area contributed by atoms with Gasteiger partial charge in [0.2, 0.25) is 0 Å². The van der Waals surface area contributed by atoms with Crippen molar-refractivity contribution in [2.45, 2.75) is 46.3 Å². The van der Waals surface area contributed by atoms with E-state index in [-0.39, 0.29) is 11.9 Å². The SMILES string of the molecule is CCN(c1ccc(F)cc1CNC(C)C)C(C)COC. The summed E-state index contributed by atoms with van der Waals surface area (Å²) in [6.45, 7) is 10.6. The molecule has 0 aliphatic carbocycles. The summed E-state index contributed by atoms with van der Waals surface area (Å²) >= 11 is 0. The molecule has 0 aromatic heterocycles. The topological polar surface area (TPSA) is 24.5 Å². The van der Waals surface area contributed by atoms with Gasteiger partial charge in [-0.2, -0.15) is 0 Å². The molecular weight excluding hydrogens is 255 g/mol. The van der Waals surface area contributed by atoms with E-state index in [0.717, 1.165) is 17.8 Å². The van der Waals surface area contributed by atoms with Gasteiger partial charge in [-0.05, 0) is 37.6 Å². The van der Waals surface area contributed by atoms with Gasteiger partial charge in [0.25, 0.3) is 0 Å². The number of hydrogen-bond acceptors (Lipinski definition) is 3. The number of nitrogens with one attached hydrogen (secondary N) is 1. The minimum Gasteiger partial charge on any atom is -0.383 e. The van der Waals surface area contributed by atoms with E-state index in [4.69, 9.17) is 4.74 Å². The van der Waals surface area contributed by atoms with Gasteiger partial charge in [0.05, 0.1) is 6.61 Å². The van der Waals surface area contributed by atoms with E-state index in [9.17, 15) is 4.39 Å². The molecule has 0 fully saturated rings. The molecule has 0 amide bonds. The number of benzene rings is 1. The number of anilines is 1. The summed E-state index contributed by atoms with van der Waals surface area (Å²) in [5.41, 5.74) is 2.06. The fourth-order valence-corrected chi connectivity index (χ4v) is 2.34. The van der Waals surface area contributed by atoms with Crippen LogP contribution in [0.4, 0.5) is 10.1 Å². The van der Waals surface area contributed by atoms with Crippen LogP contribution in [0.1, 0.15) is 33.3 Å². The number of rotatable bonds is 8. The van der Waals surface area contributed by atoms with Crippen LogP contribution in [0, 0.1) is 5.82 Å². The number of halogens is 1. The predicted molar refractivity (Wildman–Crippen MR) is 82.7 cm³/mol. The van der Waals surface area contributed by atoms with Crippen LogP contribution in [0.3, 0.4) is 0 Å². The fourth-order valence-electron chi connectivity index (χ4n) is 2.34. The molecule has 114 valence electrons. The summed E-state index contributed by atoms with van der Waals surface area (Å²) in [7, 11) is 1.70. The zero-order chi connectivity index (χ0) is 15.1. The van der Waals surface area contributed by atoms with E-state index >= 15 is 0 Å². The van der Waals surface area contributed by atoms with E-state index in [1.807, 2.05) is 6.07 Å². The molecule has 1 atom stereocenters. The van der Waals surface area contributed by atoms with E-state index < -0.39 is 0 Å². The van der Waals surface area contributed by atoms with Gasteiger partial charge >= 0.3 is 0 Å². The van der Waals surface area contributed by atoms with Gasteiger partial charge in [-0.25, -0.2) is 4.39 Å². The number of ether oxygens (including phenoxy) is 1. The zero-order valence-electron chi connectivity index (χ0n) is 13.2. The second-order valence-corrected chi connectivity index (χ2v) is 5.40. The summed E-state index contributed by atoms with van der Waals surface area (Å²) in [4.78, 5) is 2.25. The molecule has 0 saturated heterocycles. The zero-order valence-corrected chi connectivity index (χ0v) is 13.2. The van der Waals surface area contributed by atoms with Gasteiger partial charge < -0.3 is 15.0 Å². The predicted octanol–water partition coefficient (Wildman–Crippen LogP) is 3.18. The van der Waals surface area contributed by atoms with Crippen LogP contribution in [0.2, 0.25) is 0 Å². The van der Waals surface area contributed by atoms with Crippen molar-refractivity contribution >= 4 is 5.69 Å². The Morgan fingerprint density at radius 3 is 2.55 bits per heavy atom. The molecule has 1 aromatic rings. The van der Waals surface area contributed by atoms with Gasteiger partial charge in [-0.15, -0.1) is 0 Å². The average molecular weight is 282 g/mol. The van der Waals surface area contributed by atoms with Gasteiger partial charge in [0.15, 0.2) is 0 Å². The second-order valence-electron chi connectivity index (χ2n) is 5.40. The maximum Gasteiger partial charge on any atom is 0.123 e. The highest BCUT2D eigenvalue weighted by Gasteiger charge is 2.16. The molecule has 0 bridgehead atoms. The summed E-state index contributed by atoms with van der Waals surface area (Å²) in [5, 5.41) is 3.35. The van der Waals surface area contributed by atoms with E-state index in [1.165, 1.54) is 6.07 Å². The molecule has 0 spiro atoms. The molecule has 1 aromatic carbocycles. The molecule has 3 nitrogen and oxygen atoms in total. The van der Waals surface area contributed by atoms with Gasteiger partial charge in [0, 0.05) is 38.0 Å². The Labute approximate surface area is 122 Å². The van der Waals surface area contributed by atoms with Crippen molar-refractivity contribution in [3.05, 3.63) is 29.6 Å². The Bertz CT molecular complexity index is 409. The summed E-state index contributed by atoms with van der Waals surface area (Å²) in [6, 6.07) is 5.64. The minimum atomic E-state index is -0.190. The number of methoxy groups -OCH3 is 1. The lowest BCUT2D eigenvalue weighted by Gasteiger charge is -2.32. The smallest absolute Gasteiger partial charge is 0.123 e. The average Bonchev–Trinajstić information content (AvgIpc) is 2.39. The summed E-state index contributed by atoms with van der Waals surface area (Å²) in [6.07, 6.45) is 0. The van der Waals surface area contributed by atoms with E-state index in [0.29, 0.717) is 19.2 Å². The molecule has 0 heterocycles. The first-order valence-corrected chi connectivity index (χ1v) is 7.27. The third-order valence-electron chi connectivity index (χ3n) is 3.33. The Morgan fingerprint density at radius 1 is 1.30 bits per heavy atom. The summed E-state index contributed by atoms with van der Waals surface area (Å²) < 4.78 is 18.8. The molecule has 0 radical (unpaired) electrons. The highest BCUT2D eigenvalue weighted by atomic mass is 19.1. The first kappa shape index (κ1) is 16.9. The highest BCUT2D eigenvalue weighted by Crippen LogP contribution is 2.24. The van der Waals surface area contributed by atoms with Crippen molar-refractivity contribution in [1.82, 2.24) is 5.32 Å². The molecule has 1 N–H and O–H groups in total. The van der Waals surface area contributed by atoms with E-state index in [1.54, 1.807) is 13.2 Å². The van der Waals surface area contributed by atoms with Crippen molar-refractivity contribution in [1.29, 1.82) is 0 Å². The lowest BCUT2D eigenvalue weighted by Crippen LogP contribution is -2.37. The molecule has 20 heavy (non-hydrogen) atoms. The first-order valence-electron chi connectivity index (χ1n) is 7.27. The van der Waals surface area contributed by atoms with Crippen LogP contribution in [0.15, 0.2) is 18.2 Å². The van der Waals surface area contributed by atoms with Crippen LogP contribution in [-0.2, 0) is 11.3 Å². The molecule has 0 saturated carbocycles. The quantitative estimate of drug-likeness (QED) is 0.792. The lowest BCUT2D eigenvalue weighted by atomic mass is 10.1. The van der Waals surface area contributed by atoms with Crippen LogP contribution < -0.4 is 10.2 Å². The normalized spacial score (nSPS) is 12.8. The van der Waals surface area contributed by atoms with Crippen molar-refractivity contribution in [2.75, 3.05) is 25.2 Å². The Kier molecular flexibility index (Phi) is 6.96. The Hall–Kier alpha value is -1.13. The first-order chi connectivity index (χ1) is 9.49. The van der Waals surface area contributed by atoms with Crippen molar-refractivity contribution < 1.29 is 9.13 Å². The van der Waals surface area contributed by atoms with Crippen LogP contribution >= 0.6 is 0 Å². The van der Waals surface area contributed by atoms with Gasteiger partial charge in [-0.1, -0.05) is 13.8 Å². The van der Waals surface area contributed by atoms with Crippen LogP contribution in [0.25, 0.3) is 0 Å².